The summed E-state index contributed by atoms with van der Waals surface area (Å²) in [5.41, 5.74) is 2.73. The molecule has 0 aromatic heterocycles. The van der Waals surface area contributed by atoms with E-state index >= 15 is 0 Å². The first kappa shape index (κ1) is 18.2. The van der Waals surface area contributed by atoms with Crippen molar-refractivity contribution in [3.05, 3.63) is 77.4 Å². The third-order valence-corrected chi connectivity index (χ3v) is 3.48. The van der Waals surface area contributed by atoms with Crippen LogP contribution in [0.1, 0.15) is 30.0 Å². The van der Waals surface area contributed by atoms with Gasteiger partial charge in [-0.05, 0) is 48.6 Å². The number of rotatable bonds is 6. The number of esters is 1. The molecule has 0 saturated heterocycles. The summed E-state index contributed by atoms with van der Waals surface area (Å²) >= 11 is 0. The maximum absolute atomic E-state index is 12.0. The quantitative estimate of drug-likeness (QED) is 0.459. The molecular weight excluding hydrogens is 312 g/mol. The van der Waals surface area contributed by atoms with Gasteiger partial charge in [-0.2, -0.15) is 0 Å². The summed E-state index contributed by atoms with van der Waals surface area (Å²) in [6.07, 6.45) is 4.03. The third kappa shape index (κ3) is 6.48. The highest BCUT2D eigenvalue weighted by Crippen LogP contribution is 2.13. The maximum Gasteiger partial charge on any atom is 0.330 e. The van der Waals surface area contributed by atoms with Gasteiger partial charge in [0.05, 0.1) is 6.61 Å². The molecule has 2 rings (SSSR count). The zero-order valence-corrected chi connectivity index (χ0v) is 14.2. The van der Waals surface area contributed by atoms with Crippen LogP contribution >= 0.6 is 0 Å². The zero-order valence-electron chi connectivity index (χ0n) is 14.2. The number of hydrogen-bond acceptors (Lipinski definition) is 3. The van der Waals surface area contributed by atoms with Gasteiger partial charge < -0.3 is 4.74 Å². The van der Waals surface area contributed by atoms with E-state index in [2.05, 4.69) is 11.8 Å². The van der Waals surface area contributed by atoms with Crippen LogP contribution in [-0.2, 0) is 20.7 Å². The summed E-state index contributed by atoms with van der Waals surface area (Å²) in [5.74, 6) is 5.07. The van der Waals surface area contributed by atoms with Gasteiger partial charge >= 0.3 is 5.97 Å². The molecule has 0 atom stereocenters. The summed E-state index contributed by atoms with van der Waals surface area (Å²) in [6.45, 7) is 2.11. The van der Waals surface area contributed by atoms with E-state index in [1.165, 1.54) is 6.08 Å². The molecule has 0 amide bonds. The number of aryl methyl sites for hydroxylation is 1. The van der Waals surface area contributed by atoms with Crippen LogP contribution in [0, 0.1) is 11.8 Å². The minimum Gasteiger partial charge on any atom is -0.463 e. The van der Waals surface area contributed by atoms with Crippen molar-refractivity contribution in [1.29, 1.82) is 0 Å². The molecule has 0 saturated carbocycles. The van der Waals surface area contributed by atoms with Crippen LogP contribution in [0.3, 0.4) is 0 Å². The fraction of sp³-hybridized carbons (Fsp3) is 0.182. The van der Waals surface area contributed by atoms with E-state index in [1.807, 2.05) is 54.6 Å². The molecule has 3 heteroatoms. The molecule has 0 radical (unpaired) electrons. The van der Waals surface area contributed by atoms with Crippen LogP contribution in [0.4, 0.5) is 0 Å². The number of carbonyl (C=O) groups is 2. The minimum atomic E-state index is -0.373. The minimum absolute atomic E-state index is 0.104. The van der Waals surface area contributed by atoms with Crippen molar-refractivity contribution >= 4 is 17.8 Å². The van der Waals surface area contributed by atoms with Crippen LogP contribution in [0.25, 0.3) is 6.08 Å². The van der Waals surface area contributed by atoms with Crippen molar-refractivity contribution in [2.24, 2.45) is 0 Å². The Morgan fingerprint density at radius 1 is 1.04 bits per heavy atom. The molecule has 0 aliphatic heterocycles. The number of ketones is 1. The number of Topliss-reactive ketones (excluding diaryl/α,β-unsaturated/α-hetero) is 1. The molecule has 0 unspecified atom stereocenters. The normalized spacial score (nSPS) is 10.1. The molecule has 0 aliphatic rings. The summed E-state index contributed by atoms with van der Waals surface area (Å²) in [4.78, 5) is 23.4. The fourth-order valence-electron chi connectivity index (χ4n) is 2.25. The van der Waals surface area contributed by atoms with E-state index < -0.39 is 0 Å². The standard InChI is InChI=1S/C22H20O3/c1-2-25-22(24)17-14-20-11-7-6-10-19(20)13-16-21(23)15-12-18-8-4-3-5-9-18/h3-11,14,17H,2,13,16H2,1H3/b17-14+. The van der Waals surface area contributed by atoms with Crippen LogP contribution in [0.2, 0.25) is 0 Å². The zero-order chi connectivity index (χ0) is 17.9. The van der Waals surface area contributed by atoms with E-state index in [9.17, 15) is 9.59 Å². The van der Waals surface area contributed by atoms with E-state index in [-0.39, 0.29) is 11.8 Å². The molecule has 126 valence electrons. The molecule has 2 aromatic carbocycles. The fourth-order valence-corrected chi connectivity index (χ4v) is 2.25. The molecule has 0 bridgehead atoms. The SMILES string of the molecule is CCOC(=O)/C=C/c1ccccc1CCC(=O)C#Cc1ccccc1. The number of hydrogen-bond donors (Lipinski definition) is 0. The van der Waals surface area contributed by atoms with Gasteiger partial charge in [0.2, 0.25) is 5.78 Å². The average Bonchev–Trinajstić information content (AvgIpc) is 2.64. The van der Waals surface area contributed by atoms with E-state index in [0.717, 1.165) is 16.7 Å². The van der Waals surface area contributed by atoms with Crippen molar-refractivity contribution in [2.45, 2.75) is 19.8 Å². The summed E-state index contributed by atoms with van der Waals surface area (Å²) < 4.78 is 4.88. The molecule has 0 spiro atoms. The second-order valence-corrected chi connectivity index (χ2v) is 5.32. The van der Waals surface area contributed by atoms with Crippen LogP contribution in [0.15, 0.2) is 60.7 Å². The predicted molar refractivity (Wildman–Crippen MR) is 98.8 cm³/mol. The Kier molecular flexibility index (Phi) is 7.21. The molecule has 0 heterocycles. The van der Waals surface area contributed by atoms with Crippen LogP contribution in [0.5, 0.6) is 0 Å². The molecule has 25 heavy (non-hydrogen) atoms. The lowest BCUT2D eigenvalue weighted by Crippen LogP contribution is -2.00. The lowest BCUT2D eigenvalue weighted by Gasteiger charge is -2.04. The average molecular weight is 332 g/mol. The molecule has 2 aromatic rings. The molecule has 0 aliphatic carbocycles. The van der Waals surface area contributed by atoms with Gasteiger partial charge in [-0.15, -0.1) is 0 Å². The number of ether oxygens (including phenoxy) is 1. The number of carbonyl (C=O) groups excluding carboxylic acids is 2. The van der Waals surface area contributed by atoms with Gasteiger partial charge in [-0.1, -0.05) is 48.4 Å². The lowest BCUT2D eigenvalue weighted by atomic mass is 10.0. The first-order valence-electron chi connectivity index (χ1n) is 8.21. The van der Waals surface area contributed by atoms with Gasteiger partial charge in [0.25, 0.3) is 0 Å². The number of benzene rings is 2. The lowest BCUT2D eigenvalue weighted by molar-refractivity contribution is -0.137. The highest BCUT2D eigenvalue weighted by atomic mass is 16.5. The Bertz CT molecular complexity index is 808. The van der Waals surface area contributed by atoms with Crippen molar-refractivity contribution in [3.63, 3.8) is 0 Å². The van der Waals surface area contributed by atoms with Gasteiger partial charge in [-0.3, -0.25) is 4.79 Å². The van der Waals surface area contributed by atoms with Crippen molar-refractivity contribution < 1.29 is 14.3 Å². The smallest absolute Gasteiger partial charge is 0.330 e. The second-order valence-electron chi connectivity index (χ2n) is 5.32. The maximum atomic E-state index is 12.0. The van der Waals surface area contributed by atoms with E-state index in [0.29, 0.717) is 19.4 Å². The largest absolute Gasteiger partial charge is 0.463 e. The first-order chi connectivity index (χ1) is 12.2. The highest BCUT2D eigenvalue weighted by Gasteiger charge is 2.03. The Labute approximate surface area is 148 Å². The molecule has 0 N–H and O–H groups in total. The monoisotopic (exact) mass is 332 g/mol. The van der Waals surface area contributed by atoms with Gasteiger partial charge in [0.15, 0.2) is 0 Å². The van der Waals surface area contributed by atoms with Crippen molar-refractivity contribution in [1.82, 2.24) is 0 Å². The Morgan fingerprint density at radius 2 is 1.76 bits per heavy atom. The van der Waals surface area contributed by atoms with Crippen molar-refractivity contribution in [2.75, 3.05) is 6.61 Å². The Balaban J connectivity index is 1.98. The molecular formula is C22H20O3. The molecule has 0 fully saturated rings. The van der Waals surface area contributed by atoms with E-state index in [4.69, 9.17) is 4.74 Å². The van der Waals surface area contributed by atoms with Crippen LogP contribution in [-0.4, -0.2) is 18.4 Å². The van der Waals surface area contributed by atoms with Crippen LogP contribution < -0.4 is 0 Å². The third-order valence-electron chi connectivity index (χ3n) is 3.48. The Morgan fingerprint density at radius 3 is 2.52 bits per heavy atom. The predicted octanol–water partition coefficient (Wildman–Crippen LogP) is 3.82. The van der Waals surface area contributed by atoms with E-state index in [1.54, 1.807) is 13.0 Å². The summed E-state index contributed by atoms with van der Waals surface area (Å²) in [7, 11) is 0. The topological polar surface area (TPSA) is 43.4 Å². The second kappa shape index (κ2) is 9.89. The molecule has 3 nitrogen and oxygen atoms in total. The summed E-state index contributed by atoms with van der Waals surface area (Å²) in [6, 6.07) is 17.1. The van der Waals surface area contributed by atoms with Crippen molar-refractivity contribution in [3.8, 4) is 11.8 Å². The first-order valence-corrected chi connectivity index (χ1v) is 8.21. The summed E-state index contributed by atoms with van der Waals surface area (Å²) in [5, 5.41) is 0. The van der Waals surface area contributed by atoms with Gasteiger partial charge in [0, 0.05) is 18.1 Å². The van der Waals surface area contributed by atoms with Gasteiger partial charge in [-0.25, -0.2) is 4.79 Å². The highest BCUT2D eigenvalue weighted by molar-refractivity contribution is 5.96. The van der Waals surface area contributed by atoms with Gasteiger partial charge in [0.1, 0.15) is 0 Å². The Hall–Kier alpha value is -3.12.